The van der Waals surface area contributed by atoms with Gasteiger partial charge in [0, 0.05) is 36.2 Å². The molecule has 0 saturated carbocycles. The maximum absolute atomic E-state index is 11.4. The number of benzene rings is 2. The summed E-state index contributed by atoms with van der Waals surface area (Å²) in [6, 6.07) is 7.67. The third-order valence-electron chi connectivity index (χ3n) is 5.41. The van der Waals surface area contributed by atoms with Crippen LogP contribution in [0.25, 0.3) is 0 Å². The molecule has 0 unspecified atom stereocenters. The minimum absolute atomic E-state index is 0. The molecular formula is C26H20Cl2N2O8. The van der Waals surface area contributed by atoms with E-state index in [1.54, 1.807) is 58.9 Å². The van der Waals surface area contributed by atoms with Crippen LogP contribution in [0, 0.1) is 0 Å². The zero-order valence-corrected chi connectivity index (χ0v) is 20.8. The fourth-order valence-corrected chi connectivity index (χ4v) is 3.60. The van der Waals surface area contributed by atoms with Gasteiger partial charge >= 0.3 is 23.9 Å². The van der Waals surface area contributed by atoms with Gasteiger partial charge in [-0.05, 0) is 71.8 Å². The number of halogens is 2. The van der Waals surface area contributed by atoms with Crippen molar-refractivity contribution in [3.8, 4) is 0 Å². The second-order valence-corrected chi connectivity index (χ2v) is 7.75. The predicted molar refractivity (Wildman–Crippen MR) is 144 cm³/mol. The first-order valence-electron chi connectivity index (χ1n) is 10.4. The third kappa shape index (κ3) is 6.30. The summed E-state index contributed by atoms with van der Waals surface area (Å²) in [4.78, 5) is 48.7. The predicted octanol–water partition coefficient (Wildman–Crippen LogP) is 5.01. The maximum atomic E-state index is 11.4. The number of carboxylic acids is 4. The second-order valence-electron chi connectivity index (χ2n) is 7.75. The molecule has 2 aromatic rings. The lowest BCUT2D eigenvalue weighted by Crippen LogP contribution is -2.14. The van der Waals surface area contributed by atoms with Gasteiger partial charge in [0.1, 0.15) is 0 Å². The first-order chi connectivity index (χ1) is 17.1. The quantitative estimate of drug-likeness (QED) is 0.379. The molecule has 2 heterocycles. The number of aromatic carboxylic acids is 4. The van der Waals surface area contributed by atoms with Gasteiger partial charge in [0.2, 0.25) is 0 Å². The molecule has 2 aromatic carbocycles. The highest BCUT2D eigenvalue weighted by molar-refractivity contribution is 5.96. The Morgan fingerprint density at radius 3 is 0.895 bits per heavy atom. The van der Waals surface area contributed by atoms with Gasteiger partial charge in [-0.25, -0.2) is 19.2 Å². The molecule has 0 aromatic heterocycles. The van der Waals surface area contributed by atoms with Gasteiger partial charge in [0.05, 0.1) is 22.3 Å². The van der Waals surface area contributed by atoms with E-state index in [2.05, 4.69) is 0 Å². The summed E-state index contributed by atoms with van der Waals surface area (Å²) in [6.07, 6.45) is 13.7. The van der Waals surface area contributed by atoms with Crippen molar-refractivity contribution in [1.82, 2.24) is 0 Å². The van der Waals surface area contributed by atoms with E-state index in [-0.39, 0.29) is 47.1 Å². The molecule has 10 nitrogen and oxygen atoms in total. The first kappa shape index (κ1) is 29.4. The van der Waals surface area contributed by atoms with E-state index in [9.17, 15) is 39.6 Å². The normalized spacial score (nSPS) is 13.6. The summed E-state index contributed by atoms with van der Waals surface area (Å²) in [5, 5.41) is 37.1. The van der Waals surface area contributed by atoms with Gasteiger partial charge in [-0.2, -0.15) is 0 Å². The van der Waals surface area contributed by atoms with E-state index in [4.69, 9.17) is 0 Å². The lowest BCUT2D eigenvalue weighted by molar-refractivity contribution is 0.0676. The van der Waals surface area contributed by atoms with Crippen molar-refractivity contribution >= 4 is 60.1 Å². The SMILES string of the molecule is Cl.Cl.O=C(O)c1cc(C(=O)O)cc(N2C=CC(=C3C=CN(c4cc(C(=O)O)cc(C(=O)O)c4)C=C3)C=C2)c1. The number of nitrogens with zero attached hydrogens (tertiary/aromatic N) is 2. The molecule has 0 saturated heterocycles. The van der Waals surface area contributed by atoms with Crippen LogP contribution in [0.15, 0.2) is 96.6 Å². The fraction of sp³-hybridized carbons (Fsp3) is 0. The van der Waals surface area contributed by atoms with Crippen molar-refractivity contribution in [2.45, 2.75) is 0 Å². The minimum Gasteiger partial charge on any atom is -0.478 e. The highest BCUT2D eigenvalue weighted by Crippen LogP contribution is 2.28. The molecule has 0 aliphatic carbocycles. The van der Waals surface area contributed by atoms with Crippen LogP contribution >= 0.6 is 24.8 Å². The molecule has 38 heavy (non-hydrogen) atoms. The standard InChI is InChI=1S/C26H18N2O8.2ClH/c29-23(30)17-9-18(24(31)32)12-21(11-17)27-5-1-15(2-6-27)16-3-7-28(8-4-16)22-13-19(25(33)34)10-20(14-22)26(35)36;;/h1-14H,(H,29,30)(H,31,32)(H,33,34)(H,35,36);2*1H. The highest BCUT2D eigenvalue weighted by Gasteiger charge is 2.17. The molecule has 0 spiro atoms. The van der Waals surface area contributed by atoms with Crippen LogP contribution in [0.5, 0.6) is 0 Å². The summed E-state index contributed by atoms with van der Waals surface area (Å²) in [5.41, 5.74) is 1.77. The van der Waals surface area contributed by atoms with E-state index in [0.29, 0.717) is 11.4 Å². The number of allylic oxidation sites excluding steroid dienone is 6. The number of hydrogen-bond acceptors (Lipinski definition) is 6. The summed E-state index contributed by atoms with van der Waals surface area (Å²) in [5.74, 6) is -4.95. The van der Waals surface area contributed by atoms with E-state index < -0.39 is 23.9 Å². The number of hydrogen-bond donors (Lipinski definition) is 4. The lowest BCUT2D eigenvalue weighted by atomic mass is 10.0. The van der Waals surface area contributed by atoms with Crippen molar-refractivity contribution < 1.29 is 39.6 Å². The molecule has 0 bridgehead atoms. The molecule has 0 amide bonds. The number of carboxylic acid groups (broad SMARTS) is 4. The van der Waals surface area contributed by atoms with Crippen LogP contribution in [-0.2, 0) is 0 Å². The average Bonchev–Trinajstić information content (AvgIpc) is 2.88. The minimum atomic E-state index is -1.24. The zero-order valence-electron chi connectivity index (χ0n) is 19.2. The van der Waals surface area contributed by atoms with Gasteiger partial charge in [0.15, 0.2) is 0 Å². The molecule has 0 fully saturated rings. The smallest absolute Gasteiger partial charge is 0.335 e. The van der Waals surface area contributed by atoms with Gasteiger partial charge in [-0.1, -0.05) is 0 Å². The molecule has 2 aliphatic rings. The van der Waals surface area contributed by atoms with Crippen molar-refractivity contribution in [3.63, 3.8) is 0 Å². The Bertz CT molecular complexity index is 1270. The lowest BCUT2D eigenvalue weighted by Gasteiger charge is -2.23. The largest absolute Gasteiger partial charge is 0.478 e. The van der Waals surface area contributed by atoms with Crippen molar-refractivity contribution in [2.24, 2.45) is 0 Å². The molecule has 0 radical (unpaired) electrons. The number of carbonyl (C=O) groups is 4. The Hall–Kier alpha value is -4.80. The summed E-state index contributed by atoms with van der Waals surface area (Å²) in [7, 11) is 0. The fourth-order valence-electron chi connectivity index (χ4n) is 3.60. The van der Waals surface area contributed by atoms with E-state index >= 15 is 0 Å². The van der Waals surface area contributed by atoms with Crippen LogP contribution < -0.4 is 9.80 Å². The van der Waals surface area contributed by atoms with Crippen LogP contribution in [0.2, 0.25) is 0 Å². The Morgan fingerprint density at radius 1 is 0.447 bits per heavy atom. The number of rotatable bonds is 6. The van der Waals surface area contributed by atoms with Crippen LogP contribution in [0.3, 0.4) is 0 Å². The van der Waals surface area contributed by atoms with Crippen molar-refractivity contribution in [1.29, 1.82) is 0 Å². The molecule has 4 N–H and O–H groups in total. The molecule has 12 heteroatoms. The summed E-state index contributed by atoms with van der Waals surface area (Å²) in [6.45, 7) is 0. The van der Waals surface area contributed by atoms with Crippen LogP contribution in [-0.4, -0.2) is 44.3 Å². The molecule has 0 atom stereocenters. The van der Waals surface area contributed by atoms with Crippen molar-refractivity contribution in [3.05, 3.63) is 119 Å². The van der Waals surface area contributed by atoms with E-state index in [1.165, 1.54) is 24.3 Å². The van der Waals surface area contributed by atoms with Gasteiger partial charge in [0.25, 0.3) is 0 Å². The van der Waals surface area contributed by atoms with E-state index in [1.807, 2.05) is 0 Å². The molecule has 2 aliphatic heterocycles. The molecule has 4 rings (SSSR count). The number of anilines is 2. The molecule has 196 valence electrons. The third-order valence-corrected chi connectivity index (χ3v) is 5.41. The van der Waals surface area contributed by atoms with Gasteiger partial charge in [-0.15, -0.1) is 24.8 Å². The van der Waals surface area contributed by atoms with Crippen LogP contribution in [0.1, 0.15) is 41.4 Å². The van der Waals surface area contributed by atoms with Gasteiger partial charge in [-0.3, -0.25) is 0 Å². The summed E-state index contributed by atoms with van der Waals surface area (Å²) < 4.78 is 0. The Balaban J connectivity index is 0.00000253. The Kier molecular flexibility index (Phi) is 9.26. The zero-order chi connectivity index (χ0) is 26.0. The first-order valence-corrected chi connectivity index (χ1v) is 10.4. The Morgan fingerprint density at radius 2 is 0.684 bits per heavy atom. The van der Waals surface area contributed by atoms with Crippen LogP contribution in [0.4, 0.5) is 11.4 Å². The Labute approximate surface area is 228 Å². The van der Waals surface area contributed by atoms with Crippen molar-refractivity contribution in [2.75, 3.05) is 9.80 Å². The maximum Gasteiger partial charge on any atom is 0.335 e. The second kappa shape index (κ2) is 12.0. The van der Waals surface area contributed by atoms with Gasteiger partial charge < -0.3 is 30.2 Å². The van der Waals surface area contributed by atoms with E-state index in [0.717, 1.165) is 23.3 Å². The average molecular weight is 559 g/mol. The topological polar surface area (TPSA) is 156 Å². The molecular weight excluding hydrogens is 539 g/mol. The highest BCUT2D eigenvalue weighted by atomic mass is 35.5. The summed E-state index contributed by atoms with van der Waals surface area (Å²) >= 11 is 0. The monoisotopic (exact) mass is 558 g/mol.